The van der Waals surface area contributed by atoms with Gasteiger partial charge in [-0.15, -0.1) is 0 Å². The molecule has 0 saturated heterocycles. The average Bonchev–Trinajstić information content (AvgIpc) is 3.03. The Morgan fingerprint density at radius 2 is 2.25 bits per heavy atom. The van der Waals surface area contributed by atoms with Gasteiger partial charge in [0.1, 0.15) is 0 Å². The maximum absolute atomic E-state index is 5.55. The van der Waals surface area contributed by atoms with E-state index in [2.05, 4.69) is 22.4 Å². The Labute approximate surface area is 96.8 Å². The molecule has 4 nitrogen and oxygen atoms in total. The number of nitrogens with one attached hydrogen (secondary N) is 2. The maximum Gasteiger partial charge on any atom is 0.0638 e. The van der Waals surface area contributed by atoms with E-state index in [-0.39, 0.29) is 0 Å². The fraction of sp³-hybridized carbons (Fsp3) is 0.750. The summed E-state index contributed by atoms with van der Waals surface area (Å²) in [6, 6.07) is 0. The van der Waals surface area contributed by atoms with Crippen LogP contribution < -0.4 is 5.32 Å². The first-order valence-electron chi connectivity index (χ1n) is 6.06. The number of aromatic amines is 1. The molecule has 0 aromatic carbocycles. The third kappa shape index (κ3) is 3.32. The van der Waals surface area contributed by atoms with E-state index in [0.29, 0.717) is 0 Å². The first-order valence-corrected chi connectivity index (χ1v) is 6.06. The normalized spacial score (nSPS) is 15.6. The van der Waals surface area contributed by atoms with Crippen LogP contribution in [0, 0.1) is 19.8 Å². The molecule has 0 amide bonds. The van der Waals surface area contributed by atoms with E-state index in [9.17, 15) is 0 Å². The Morgan fingerprint density at radius 3 is 2.88 bits per heavy atom. The minimum atomic E-state index is 0.812. The number of ether oxygens (including phenoxy) is 1. The van der Waals surface area contributed by atoms with E-state index in [1.54, 1.807) is 0 Å². The van der Waals surface area contributed by atoms with Crippen molar-refractivity contribution in [1.29, 1.82) is 0 Å². The van der Waals surface area contributed by atoms with E-state index in [4.69, 9.17) is 4.74 Å². The summed E-state index contributed by atoms with van der Waals surface area (Å²) in [5.74, 6) is 0.860. The molecule has 0 unspecified atom stereocenters. The smallest absolute Gasteiger partial charge is 0.0638 e. The van der Waals surface area contributed by atoms with Crippen molar-refractivity contribution in [2.75, 3.05) is 19.8 Å². The summed E-state index contributed by atoms with van der Waals surface area (Å²) < 4.78 is 5.55. The lowest BCUT2D eigenvalue weighted by atomic mass is 10.2. The molecule has 1 saturated carbocycles. The Kier molecular flexibility index (Phi) is 3.96. The highest BCUT2D eigenvalue weighted by atomic mass is 16.5. The molecule has 1 heterocycles. The van der Waals surface area contributed by atoms with Gasteiger partial charge < -0.3 is 10.1 Å². The predicted molar refractivity (Wildman–Crippen MR) is 63.3 cm³/mol. The van der Waals surface area contributed by atoms with E-state index >= 15 is 0 Å². The van der Waals surface area contributed by atoms with Gasteiger partial charge in [-0.1, -0.05) is 0 Å². The van der Waals surface area contributed by atoms with Gasteiger partial charge in [0, 0.05) is 31.0 Å². The van der Waals surface area contributed by atoms with Crippen LogP contribution in [0.2, 0.25) is 0 Å². The second-order valence-corrected chi connectivity index (χ2v) is 4.61. The molecule has 2 rings (SSSR count). The van der Waals surface area contributed by atoms with Gasteiger partial charge in [0.25, 0.3) is 0 Å². The van der Waals surface area contributed by atoms with Crippen molar-refractivity contribution in [2.45, 2.75) is 33.2 Å². The van der Waals surface area contributed by atoms with E-state index < -0.39 is 0 Å². The van der Waals surface area contributed by atoms with Crippen molar-refractivity contribution < 1.29 is 4.74 Å². The second kappa shape index (κ2) is 5.46. The molecule has 1 aliphatic rings. The number of rotatable bonds is 7. The third-order valence-electron chi connectivity index (χ3n) is 3.06. The van der Waals surface area contributed by atoms with Crippen molar-refractivity contribution in [3.05, 3.63) is 17.0 Å². The Bertz CT molecular complexity index is 312. The first kappa shape index (κ1) is 11.6. The fourth-order valence-electron chi connectivity index (χ4n) is 1.73. The topological polar surface area (TPSA) is 49.9 Å². The van der Waals surface area contributed by atoms with Crippen LogP contribution >= 0.6 is 0 Å². The third-order valence-corrected chi connectivity index (χ3v) is 3.06. The van der Waals surface area contributed by atoms with Gasteiger partial charge in [-0.05, 0) is 32.6 Å². The van der Waals surface area contributed by atoms with Gasteiger partial charge in [-0.25, -0.2) is 0 Å². The largest absolute Gasteiger partial charge is 0.380 e. The second-order valence-electron chi connectivity index (χ2n) is 4.61. The van der Waals surface area contributed by atoms with Crippen LogP contribution in [0.25, 0.3) is 0 Å². The Hall–Kier alpha value is -0.870. The quantitative estimate of drug-likeness (QED) is 0.689. The lowest BCUT2D eigenvalue weighted by Gasteiger charge is -2.05. The number of aryl methyl sites for hydroxylation is 2. The van der Waals surface area contributed by atoms with Crippen LogP contribution in [-0.4, -0.2) is 30.0 Å². The highest BCUT2D eigenvalue weighted by Crippen LogP contribution is 2.28. The fourth-order valence-corrected chi connectivity index (χ4v) is 1.73. The molecule has 0 aliphatic heterocycles. The zero-order valence-electron chi connectivity index (χ0n) is 10.2. The standard InChI is InChI=1S/C12H21N3O/c1-9-12(10(2)15-14-9)7-13-5-6-16-8-11-3-4-11/h11,13H,3-8H2,1-2H3,(H,14,15). The summed E-state index contributed by atoms with van der Waals surface area (Å²) in [7, 11) is 0. The van der Waals surface area contributed by atoms with Crippen LogP contribution in [0.5, 0.6) is 0 Å². The summed E-state index contributed by atoms with van der Waals surface area (Å²) in [5.41, 5.74) is 3.52. The minimum Gasteiger partial charge on any atom is -0.380 e. The molecular weight excluding hydrogens is 202 g/mol. The Morgan fingerprint density at radius 1 is 1.44 bits per heavy atom. The molecule has 1 fully saturated rings. The molecule has 0 radical (unpaired) electrons. The summed E-state index contributed by atoms with van der Waals surface area (Å²) in [5, 5.41) is 10.5. The molecule has 16 heavy (non-hydrogen) atoms. The van der Waals surface area contributed by atoms with Gasteiger partial charge in [-0.2, -0.15) is 5.10 Å². The van der Waals surface area contributed by atoms with Crippen LogP contribution in [0.4, 0.5) is 0 Å². The zero-order valence-corrected chi connectivity index (χ0v) is 10.2. The lowest BCUT2D eigenvalue weighted by molar-refractivity contribution is 0.126. The SMILES string of the molecule is Cc1n[nH]c(C)c1CNCCOCC1CC1. The molecule has 0 atom stereocenters. The molecule has 90 valence electrons. The Balaban J connectivity index is 1.56. The molecule has 4 heteroatoms. The summed E-state index contributed by atoms with van der Waals surface area (Å²) in [6.07, 6.45) is 2.72. The summed E-state index contributed by atoms with van der Waals surface area (Å²) >= 11 is 0. The zero-order chi connectivity index (χ0) is 11.4. The van der Waals surface area contributed by atoms with E-state index in [0.717, 1.165) is 43.6 Å². The monoisotopic (exact) mass is 223 g/mol. The van der Waals surface area contributed by atoms with E-state index in [1.165, 1.54) is 18.4 Å². The number of hydrogen-bond acceptors (Lipinski definition) is 3. The molecule has 2 N–H and O–H groups in total. The molecule has 1 aromatic heterocycles. The number of hydrogen-bond donors (Lipinski definition) is 2. The average molecular weight is 223 g/mol. The minimum absolute atomic E-state index is 0.812. The summed E-state index contributed by atoms with van der Waals surface area (Å²) in [6.45, 7) is 7.64. The van der Waals surface area contributed by atoms with Crippen LogP contribution in [0.3, 0.4) is 0 Å². The number of H-pyrrole nitrogens is 1. The highest BCUT2D eigenvalue weighted by molar-refractivity contribution is 5.22. The number of nitrogens with zero attached hydrogens (tertiary/aromatic N) is 1. The predicted octanol–water partition coefficient (Wildman–Crippen LogP) is 1.54. The number of aromatic nitrogens is 2. The van der Waals surface area contributed by atoms with Gasteiger partial charge in [0.2, 0.25) is 0 Å². The van der Waals surface area contributed by atoms with Crippen molar-refractivity contribution in [1.82, 2.24) is 15.5 Å². The van der Waals surface area contributed by atoms with Crippen molar-refractivity contribution in [2.24, 2.45) is 5.92 Å². The van der Waals surface area contributed by atoms with Crippen LogP contribution in [0.15, 0.2) is 0 Å². The van der Waals surface area contributed by atoms with Gasteiger partial charge >= 0.3 is 0 Å². The van der Waals surface area contributed by atoms with Crippen LogP contribution in [0.1, 0.15) is 29.8 Å². The molecule has 1 aliphatic carbocycles. The maximum atomic E-state index is 5.55. The van der Waals surface area contributed by atoms with Crippen molar-refractivity contribution >= 4 is 0 Å². The van der Waals surface area contributed by atoms with Crippen molar-refractivity contribution in [3.63, 3.8) is 0 Å². The van der Waals surface area contributed by atoms with Crippen LogP contribution in [-0.2, 0) is 11.3 Å². The van der Waals surface area contributed by atoms with E-state index in [1.807, 2.05) is 6.92 Å². The highest BCUT2D eigenvalue weighted by Gasteiger charge is 2.20. The molecule has 0 spiro atoms. The molecular formula is C12H21N3O. The van der Waals surface area contributed by atoms with Gasteiger partial charge in [0.05, 0.1) is 12.3 Å². The molecule has 0 bridgehead atoms. The first-order chi connectivity index (χ1) is 7.77. The van der Waals surface area contributed by atoms with Gasteiger partial charge in [0.15, 0.2) is 0 Å². The molecule has 1 aromatic rings. The summed E-state index contributed by atoms with van der Waals surface area (Å²) in [4.78, 5) is 0. The van der Waals surface area contributed by atoms with Gasteiger partial charge in [-0.3, -0.25) is 5.10 Å². The lowest BCUT2D eigenvalue weighted by Crippen LogP contribution is -2.20. The van der Waals surface area contributed by atoms with Crippen molar-refractivity contribution in [3.8, 4) is 0 Å².